The van der Waals surface area contributed by atoms with Crippen LogP contribution in [0.2, 0.25) is 0 Å². The first-order chi connectivity index (χ1) is 5.57. The summed E-state index contributed by atoms with van der Waals surface area (Å²) in [5.74, 6) is -1.08. The van der Waals surface area contributed by atoms with Crippen molar-refractivity contribution in [2.75, 3.05) is 6.54 Å². The molecule has 0 amide bonds. The maximum Gasteiger partial charge on any atom is 0.307 e. The molecule has 0 saturated carbocycles. The van der Waals surface area contributed by atoms with Gasteiger partial charge in [0.05, 0.1) is 5.92 Å². The van der Waals surface area contributed by atoms with E-state index in [2.05, 4.69) is 11.9 Å². The number of carboxylic acid groups (broad SMARTS) is 1. The summed E-state index contributed by atoms with van der Waals surface area (Å²) in [4.78, 5) is 10.4. The standard InChI is InChI=1S/C9H17NO2/c1-4-5-8(3)10-6-7(2)9(11)12/h4,7-8,10H,1,5-6H2,2-3H3,(H,11,12). The number of carboxylic acids is 1. The first-order valence-electron chi connectivity index (χ1n) is 4.15. The van der Waals surface area contributed by atoms with E-state index in [0.29, 0.717) is 12.6 Å². The van der Waals surface area contributed by atoms with Crippen LogP contribution in [0.4, 0.5) is 0 Å². The molecule has 0 aromatic rings. The molecule has 0 aromatic heterocycles. The molecule has 0 fully saturated rings. The van der Waals surface area contributed by atoms with Gasteiger partial charge in [-0.25, -0.2) is 0 Å². The van der Waals surface area contributed by atoms with Gasteiger partial charge in [0.2, 0.25) is 0 Å². The third-order valence-corrected chi connectivity index (χ3v) is 1.71. The van der Waals surface area contributed by atoms with Crippen molar-refractivity contribution in [2.45, 2.75) is 26.3 Å². The highest BCUT2D eigenvalue weighted by atomic mass is 16.4. The lowest BCUT2D eigenvalue weighted by Gasteiger charge is -2.13. The topological polar surface area (TPSA) is 49.3 Å². The Balaban J connectivity index is 3.53. The fourth-order valence-electron chi connectivity index (χ4n) is 0.799. The van der Waals surface area contributed by atoms with Gasteiger partial charge in [-0.1, -0.05) is 13.0 Å². The van der Waals surface area contributed by atoms with Crippen LogP contribution in [0.1, 0.15) is 20.3 Å². The molecule has 0 rings (SSSR count). The maximum absolute atomic E-state index is 10.4. The molecule has 70 valence electrons. The molecule has 0 aliphatic carbocycles. The molecule has 0 heterocycles. The minimum atomic E-state index is -0.756. The van der Waals surface area contributed by atoms with Crippen LogP contribution in [0.25, 0.3) is 0 Å². The van der Waals surface area contributed by atoms with Crippen LogP contribution in [0.3, 0.4) is 0 Å². The molecular formula is C9H17NO2. The van der Waals surface area contributed by atoms with Crippen LogP contribution < -0.4 is 5.32 Å². The zero-order chi connectivity index (χ0) is 9.56. The molecule has 0 aliphatic heterocycles. The van der Waals surface area contributed by atoms with Crippen LogP contribution in [-0.4, -0.2) is 23.7 Å². The van der Waals surface area contributed by atoms with Crippen molar-refractivity contribution in [2.24, 2.45) is 5.92 Å². The van der Waals surface area contributed by atoms with Gasteiger partial charge in [0.1, 0.15) is 0 Å². The lowest BCUT2D eigenvalue weighted by molar-refractivity contribution is -0.140. The molecule has 0 saturated heterocycles. The summed E-state index contributed by atoms with van der Waals surface area (Å²) >= 11 is 0. The van der Waals surface area contributed by atoms with E-state index in [1.807, 2.05) is 13.0 Å². The van der Waals surface area contributed by atoms with Crippen LogP contribution in [0.5, 0.6) is 0 Å². The van der Waals surface area contributed by atoms with Gasteiger partial charge in [-0.15, -0.1) is 6.58 Å². The van der Waals surface area contributed by atoms with E-state index in [-0.39, 0.29) is 5.92 Å². The molecule has 2 unspecified atom stereocenters. The normalized spacial score (nSPS) is 15.2. The second kappa shape index (κ2) is 5.77. The SMILES string of the molecule is C=CCC(C)NCC(C)C(=O)O. The molecule has 0 aromatic carbocycles. The molecule has 3 nitrogen and oxygen atoms in total. The van der Waals surface area contributed by atoms with Gasteiger partial charge < -0.3 is 10.4 Å². The van der Waals surface area contributed by atoms with E-state index in [9.17, 15) is 4.79 Å². The predicted octanol–water partition coefficient (Wildman–Crippen LogP) is 1.26. The van der Waals surface area contributed by atoms with Gasteiger partial charge in [-0.3, -0.25) is 4.79 Å². The van der Waals surface area contributed by atoms with E-state index in [4.69, 9.17) is 5.11 Å². The second-order valence-electron chi connectivity index (χ2n) is 3.07. The molecule has 3 heteroatoms. The van der Waals surface area contributed by atoms with Crippen molar-refractivity contribution in [3.63, 3.8) is 0 Å². The smallest absolute Gasteiger partial charge is 0.307 e. The highest BCUT2D eigenvalue weighted by Gasteiger charge is 2.10. The van der Waals surface area contributed by atoms with E-state index in [0.717, 1.165) is 6.42 Å². The monoisotopic (exact) mass is 171 g/mol. The van der Waals surface area contributed by atoms with Crippen molar-refractivity contribution >= 4 is 5.97 Å². The maximum atomic E-state index is 10.4. The molecule has 2 N–H and O–H groups in total. The van der Waals surface area contributed by atoms with Crippen LogP contribution in [-0.2, 0) is 4.79 Å². The number of hydrogen-bond acceptors (Lipinski definition) is 2. The van der Waals surface area contributed by atoms with Gasteiger partial charge in [0, 0.05) is 12.6 Å². The third kappa shape index (κ3) is 4.91. The van der Waals surface area contributed by atoms with E-state index in [1.165, 1.54) is 0 Å². The number of nitrogens with one attached hydrogen (secondary N) is 1. The minimum absolute atomic E-state index is 0.310. The fourth-order valence-corrected chi connectivity index (χ4v) is 0.799. The molecular weight excluding hydrogens is 154 g/mol. The van der Waals surface area contributed by atoms with Gasteiger partial charge in [-0.05, 0) is 13.3 Å². The number of aliphatic carboxylic acids is 1. The Hall–Kier alpha value is -0.830. The molecule has 0 radical (unpaired) electrons. The van der Waals surface area contributed by atoms with E-state index >= 15 is 0 Å². The average molecular weight is 171 g/mol. The van der Waals surface area contributed by atoms with Crippen molar-refractivity contribution in [1.29, 1.82) is 0 Å². The Morgan fingerprint density at radius 2 is 2.25 bits per heavy atom. The first kappa shape index (κ1) is 11.2. The summed E-state index contributed by atoms with van der Waals surface area (Å²) in [6.45, 7) is 7.83. The van der Waals surface area contributed by atoms with Crippen molar-refractivity contribution in [1.82, 2.24) is 5.32 Å². The van der Waals surface area contributed by atoms with Gasteiger partial charge in [0.25, 0.3) is 0 Å². The van der Waals surface area contributed by atoms with Gasteiger partial charge >= 0.3 is 5.97 Å². The summed E-state index contributed by atoms with van der Waals surface area (Å²) in [5.41, 5.74) is 0. The number of rotatable bonds is 6. The first-order valence-corrected chi connectivity index (χ1v) is 4.15. The quantitative estimate of drug-likeness (QED) is 0.591. The molecule has 12 heavy (non-hydrogen) atoms. The van der Waals surface area contributed by atoms with E-state index < -0.39 is 5.97 Å². The minimum Gasteiger partial charge on any atom is -0.481 e. The molecule has 0 spiro atoms. The lowest BCUT2D eigenvalue weighted by Crippen LogP contribution is -2.32. The van der Waals surface area contributed by atoms with Crippen molar-refractivity contribution < 1.29 is 9.90 Å². The lowest BCUT2D eigenvalue weighted by atomic mass is 10.1. The van der Waals surface area contributed by atoms with Gasteiger partial charge in [-0.2, -0.15) is 0 Å². The Morgan fingerprint density at radius 3 is 2.67 bits per heavy atom. The van der Waals surface area contributed by atoms with Crippen LogP contribution >= 0.6 is 0 Å². The third-order valence-electron chi connectivity index (χ3n) is 1.71. The Bertz CT molecular complexity index is 157. The highest BCUT2D eigenvalue weighted by Crippen LogP contribution is 1.95. The Kier molecular flexibility index (Phi) is 5.37. The fraction of sp³-hybridized carbons (Fsp3) is 0.667. The van der Waals surface area contributed by atoms with Crippen LogP contribution in [0, 0.1) is 5.92 Å². The summed E-state index contributed by atoms with van der Waals surface area (Å²) in [7, 11) is 0. The summed E-state index contributed by atoms with van der Waals surface area (Å²) < 4.78 is 0. The molecule has 2 atom stereocenters. The van der Waals surface area contributed by atoms with Gasteiger partial charge in [0.15, 0.2) is 0 Å². The van der Waals surface area contributed by atoms with Crippen molar-refractivity contribution in [3.8, 4) is 0 Å². The number of hydrogen-bond donors (Lipinski definition) is 2. The zero-order valence-electron chi connectivity index (χ0n) is 7.71. The van der Waals surface area contributed by atoms with Crippen molar-refractivity contribution in [3.05, 3.63) is 12.7 Å². The summed E-state index contributed by atoms with van der Waals surface area (Å²) in [6, 6.07) is 0.310. The zero-order valence-corrected chi connectivity index (χ0v) is 7.71. The van der Waals surface area contributed by atoms with E-state index in [1.54, 1.807) is 6.92 Å². The average Bonchev–Trinajstić information content (AvgIpc) is 2.00. The molecule has 0 aliphatic rings. The summed E-state index contributed by atoms with van der Waals surface area (Å²) in [6.07, 6.45) is 2.69. The van der Waals surface area contributed by atoms with Crippen LogP contribution in [0.15, 0.2) is 12.7 Å². The predicted molar refractivity (Wildman–Crippen MR) is 49.1 cm³/mol. The Labute approximate surface area is 73.5 Å². The Morgan fingerprint density at radius 1 is 1.67 bits per heavy atom. The molecule has 0 bridgehead atoms. The highest BCUT2D eigenvalue weighted by molar-refractivity contribution is 5.69. The largest absolute Gasteiger partial charge is 0.481 e. The second-order valence-corrected chi connectivity index (χ2v) is 3.07. The summed E-state index contributed by atoms with van der Waals surface area (Å²) in [5, 5.41) is 11.7. The number of carbonyl (C=O) groups is 1.